The van der Waals surface area contributed by atoms with E-state index in [4.69, 9.17) is 0 Å². The first-order chi connectivity index (χ1) is 11.7. The summed E-state index contributed by atoms with van der Waals surface area (Å²) in [5.41, 5.74) is 2.47. The van der Waals surface area contributed by atoms with Gasteiger partial charge in [-0.05, 0) is 23.9 Å². The highest BCUT2D eigenvalue weighted by atomic mass is 32.2. The van der Waals surface area contributed by atoms with E-state index in [-0.39, 0.29) is 6.03 Å². The van der Waals surface area contributed by atoms with Crippen molar-refractivity contribution in [2.75, 3.05) is 51.3 Å². The molecule has 1 fully saturated rings. The predicted octanol–water partition coefficient (Wildman–Crippen LogP) is 1.99. The zero-order chi connectivity index (χ0) is 17.2. The fourth-order valence-electron chi connectivity index (χ4n) is 2.80. The van der Waals surface area contributed by atoms with Gasteiger partial charge >= 0.3 is 6.03 Å². The maximum atomic E-state index is 11.6. The van der Waals surface area contributed by atoms with E-state index < -0.39 is 0 Å². The van der Waals surface area contributed by atoms with Crippen molar-refractivity contribution in [3.63, 3.8) is 0 Å². The zero-order valence-corrected chi connectivity index (χ0v) is 15.7. The summed E-state index contributed by atoms with van der Waals surface area (Å²) >= 11 is 1.73. The normalized spacial score (nSPS) is 16.1. The van der Waals surface area contributed by atoms with Crippen molar-refractivity contribution >= 4 is 17.8 Å². The molecule has 0 aromatic heterocycles. The molecule has 0 aliphatic carbocycles. The molecule has 1 heterocycles. The van der Waals surface area contributed by atoms with Crippen LogP contribution in [-0.4, -0.2) is 67.1 Å². The molecule has 2 N–H and O–H groups in total. The number of hydrogen-bond donors (Lipinski definition) is 2. The zero-order valence-electron chi connectivity index (χ0n) is 14.9. The molecule has 5 nitrogen and oxygen atoms in total. The average Bonchev–Trinajstić information content (AvgIpc) is 2.62. The number of nitrogens with zero attached hydrogens (tertiary/aromatic N) is 2. The Morgan fingerprint density at radius 1 is 1.04 bits per heavy atom. The lowest BCUT2D eigenvalue weighted by Gasteiger charge is -2.34. The second kappa shape index (κ2) is 10.6. The number of urea groups is 1. The van der Waals surface area contributed by atoms with Crippen LogP contribution < -0.4 is 10.6 Å². The third-order valence-electron chi connectivity index (χ3n) is 4.39. The minimum Gasteiger partial charge on any atom is -0.337 e. The molecule has 2 amide bonds. The Hall–Kier alpha value is -1.24. The van der Waals surface area contributed by atoms with Crippen molar-refractivity contribution in [3.05, 3.63) is 35.4 Å². The number of hydrogen-bond acceptors (Lipinski definition) is 4. The summed E-state index contributed by atoms with van der Waals surface area (Å²) in [6, 6.07) is 8.48. The Bertz CT molecular complexity index is 486. The Labute approximate surface area is 150 Å². The summed E-state index contributed by atoms with van der Waals surface area (Å²) in [4.78, 5) is 16.6. The van der Waals surface area contributed by atoms with Crippen molar-refractivity contribution in [2.45, 2.75) is 20.0 Å². The van der Waals surface area contributed by atoms with Gasteiger partial charge in [-0.15, -0.1) is 0 Å². The van der Waals surface area contributed by atoms with Gasteiger partial charge in [-0.1, -0.05) is 31.2 Å². The molecule has 0 bridgehead atoms. The van der Waals surface area contributed by atoms with Gasteiger partial charge in [0.2, 0.25) is 0 Å². The summed E-state index contributed by atoms with van der Waals surface area (Å²) in [5, 5.41) is 5.74. The fraction of sp³-hybridized carbons (Fsp3) is 0.611. The van der Waals surface area contributed by atoms with Crippen LogP contribution in [0.1, 0.15) is 18.1 Å². The number of likely N-dealkylation sites (N-methyl/N-ethyl adjacent to an activating group) is 1. The van der Waals surface area contributed by atoms with Gasteiger partial charge in [-0.3, -0.25) is 4.90 Å². The number of amides is 2. The number of benzene rings is 1. The third kappa shape index (κ3) is 6.71. The highest BCUT2D eigenvalue weighted by molar-refractivity contribution is 7.98. The molecule has 1 saturated heterocycles. The van der Waals surface area contributed by atoms with Gasteiger partial charge in [-0.2, -0.15) is 11.8 Å². The summed E-state index contributed by atoms with van der Waals surface area (Å²) in [5.74, 6) is 0.939. The Balaban J connectivity index is 1.70. The van der Waals surface area contributed by atoms with Crippen LogP contribution in [-0.2, 0) is 13.1 Å². The number of nitrogens with one attached hydrogen (secondary N) is 2. The lowest BCUT2D eigenvalue weighted by Crippen LogP contribution is -2.45. The minimum absolute atomic E-state index is 0.0954. The Kier molecular flexibility index (Phi) is 8.42. The molecule has 1 aromatic rings. The SMILES string of the molecule is CCN1CCN(Cc2ccc(CNC(=O)NCCSC)cc2)CC1. The summed E-state index contributed by atoms with van der Waals surface area (Å²) < 4.78 is 0. The van der Waals surface area contributed by atoms with E-state index >= 15 is 0 Å². The topological polar surface area (TPSA) is 47.6 Å². The van der Waals surface area contributed by atoms with Crippen LogP contribution in [0.3, 0.4) is 0 Å². The molecule has 24 heavy (non-hydrogen) atoms. The van der Waals surface area contributed by atoms with Crippen molar-refractivity contribution in [1.82, 2.24) is 20.4 Å². The molecule has 0 saturated carbocycles. The van der Waals surface area contributed by atoms with Gasteiger partial charge < -0.3 is 15.5 Å². The van der Waals surface area contributed by atoms with Crippen LogP contribution in [0.5, 0.6) is 0 Å². The van der Waals surface area contributed by atoms with E-state index in [0.29, 0.717) is 13.1 Å². The van der Waals surface area contributed by atoms with Crippen molar-refractivity contribution in [2.24, 2.45) is 0 Å². The van der Waals surface area contributed by atoms with Gasteiger partial charge in [-0.25, -0.2) is 4.79 Å². The third-order valence-corrected chi connectivity index (χ3v) is 5.00. The molecule has 0 atom stereocenters. The maximum Gasteiger partial charge on any atom is 0.315 e. The minimum atomic E-state index is -0.0954. The monoisotopic (exact) mass is 350 g/mol. The summed E-state index contributed by atoms with van der Waals surface area (Å²) in [6.45, 7) is 10.3. The van der Waals surface area contributed by atoms with Crippen LogP contribution >= 0.6 is 11.8 Å². The number of carbonyl (C=O) groups is 1. The van der Waals surface area contributed by atoms with Gasteiger partial charge in [0.15, 0.2) is 0 Å². The maximum absolute atomic E-state index is 11.6. The number of thioether (sulfide) groups is 1. The number of piperazine rings is 1. The quantitative estimate of drug-likeness (QED) is 0.704. The lowest BCUT2D eigenvalue weighted by molar-refractivity contribution is 0.132. The summed E-state index contributed by atoms with van der Waals surface area (Å²) in [7, 11) is 0. The molecule has 1 aromatic carbocycles. The smallest absolute Gasteiger partial charge is 0.315 e. The lowest BCUT2D eigenvalue weighted by atomic mass is 10.1. The number of rotatable bonds is 8. The molecule has 0 radical (unpaired) electrons. The van der Waals surface area contributed by atoms with Gasteiger partial charge in [0.1, 0.15) is 0 Å². The number of carbonyl (C=O) groups excluding carboxylic acids is 1. The van der Waals surface area contributed by atoms with Gasteiger partial charge in [0.25, 0.3) is 0 Å². The molecule has 6 heteroatoms. The van der Waals surface area contributed by atoms with E-state index in [0.717, 1.165) is 37.5 Å². The van der Waals surface area contributed by atoms with E-state index in [9.17, 15) is 4.79 Å². The molecule has 0 spiro atoms. The van der Waals surface area contributed by atoms with Crippen LogP contribution in [0.15, 0.2) is 24.3 Å². The molecule has 1 aliphatic rings. The first-order valence-corrected chi connectivity index (χ1v) is 10.1. The Morgan fingerprint density at radius 2 is 1.67 bits per heavy atom. The highest BCUT2D eigenvalue weighted by Gasteiger charge is 2.15. The largest absolute Gasteiger partial charge is 0.337 e. The van der Waals surface area contributed by atoms with Gasteiger partial charge in [0, 0.05) is 51.6 Å². The second-order valence-corrected chi connectivity index (χ2v) is 7.11. The fourth-order valence-corrected chi connectivity index (χ4v) is 3.10. The predicted molar refractivity (Wildman–Crippen MR) is 102 cm³/mol. The standard InChI is InChI=1S/C18H30N4OS/c1-3-21-9-11-22(12-10-21)15-17-6-4-16(5-7-17)14-20-18(23)19-8-13-24-2/h4-7H,3,8-15H2,1-2H3,(H2,19,20,23). The second-order valence-electron chi connectivity index (χ2n) is 6.13. The van der Waals surface area contributed by atoms with E-state index in [2.05, 4.69) is 51.6 Å². The highest BCUT2D eigenvalue weighted by Crippen LogP contribution is 2.10. The first-order valence-electron chi connectivity index (χ1n) is 8.74. The summed E-state index contributed by atoms with van der Waals surface area (Å²) in [6.07, 6.45) is 2.03. The van der Waals surface area contributed by atoms with Crippen LogP contribution in [0.2, 0.25) is 0 Å². The average molecular weight is 351 g/mol. The van der Waals surface area contributed by atoms with E-state index in [1.807, 2.05) is 6.26 Å². The van der Waals surface area contributed by atoms with Crippen molar-refractivity contribution < 1.29 is 4.79 Å². The molecular weight excluding hydrogens is 320 g/mol. The molecule has 2 rings (SSSR count). The first kappa shape index (κ1) is 19.1. The van der Waals surface area contributed by atoms with Crippen LogP contribution in [0.4, 0.5) is 4.79 Å². The van der Waals surface area contributed by atoms with Gasteiger partial charge in [0.05, 0.1) is 0 Å². The Morgan fingerprint density at radius 3 is 2.29 bits per heavy atom. The van der Waals surface area contributed by atoms with Crippen molar-refractivity contribution in [3.8, 4) is 0 Å². The molecular formula is C18H30N4OS. The molecule has 134 valence electrons. The van der Waals surface area contributed by atoms with Crippen molar-refractivity contribution in [1.29, 1.82) is 0 Å². The van der Waals surface area contributed by atoms with E-state index in [1.165, 1.54) is 18.7 Å². The van der Waals surface area contributed by atoms with Crippen LogP contribution in [0, 0.1) is 0 Å². The molecule has 1 aliphatic heterocycles. The van der Waals surface area contributed by atoms with Crippen LogP contribution in [0.25, 0.3) is 0 Å². The van der Waals surface area contributed by atoms with E-state index in [1.54, 1.807) is 11.8 Å². The molecule has 0 unspecified atom stereocenters.